The van der Waals surface area contributed by atoms with Crippen molar-refractivity contribution in [1.82, 2.24) is 5.32 Å². The lowest BCUT2D eigenvalue weighted by molar-refractivity contribution is -0.139. The van der Waals surface area contributed by atoms with Gasteiger partial charge in [-0.3, -0.25) is 10.1 Å². The molecule has 2 N–H and O–H groups in total. The lowest BCUT2D eigenvalue weighted by Gasteiger charge is -2.29. The first kappa shape index (κ1) is 13.2. The molecule has 92 valence electrons. The van der Waals surface area contributed by atoms with Crippen molar-refractivity contribution in [1.29, 1.82) is 0 Å². The molecule has 1 aliphatic heterocycles. The van der Waals surface area contributed by atoms with Crippen LogP contribution in [-0.2, 0) is 4.79 Å². The summed E-state index contributed by atoms with van der Waals surface area (Å²) in [5, 5.41) is 12.7. The highest BCUT2D eigenvalue weighted by Gasteiger charge is 2.28. The Kier molecular flexibility index (Phi) is 4.36. The van der Waals surface area contributed by atoms with Gasteiger partial charge in [-0.2, -0.15) is 0 Å². The van der Waals surface area contributed by atoms with E-state index in [2.05, 4.69) is 21.2 Å². The summed E-state index contributed by atoms with van der Waals surface area (Å²) in [6.45, 7) is 0. The summed E-state index contributed by atoms with van der Waals surface area (Å²) < 4.78 is 0.941. The van der Waals surface area contributed by atoms with Crippen LogP contribution in [0.1, 0.15) is 17.4 Å². The normalized spacial score (nSPS) is 24.6. The predicted octanol–water partition coefficient (Wildman–Crippen LogP) is 3.28. The topological polar surface area (TPSA) is 49.3 Å². The van der Waals surface area contributed by atoms with E-state index in [9.17, 15) is 4.79 Å². The first-order chi connectivity index (χ1) is 8.08. The average Bonchev–Trinajstić information content (AvgIpc) is 2.32. The van der Waals surface area contributed by atoms with Gasteiger partial charge in [0.05, 0.1) is 5.37 Å². The van der Waals surface area contributed by atoms with Crippen molar-refractivity contribution in [2.24, 2.45) is 0 Å². The number of nitrogens with one attached hydrogen (secondary N) is 1. The van der Waals surface area contributed by atoms with Crippen LogP contribution in [0.3, 0.4) is 0 Å². The predicted molar refractivity (Wildman–Crippen MR) is 73.5 cm³/mol. The lowest BCUT2D eigenvalue weighted by Crippen LogP contribution is -2.41. The second-order valence-corrected chi connectivity index (χ2v) is 6.30. The maximum atomic E-state index is 11.0. The molecule has 0 aliphatic carbocycles. The maximum Gasteiger partial charge on any atom is 0.320 e. The molecule has 2 unspecified atom stereocenters. The fourth-order valence-electron chi connectivity index (χ4n) is 1.71. The molecule has 3 nitrogen and oxygen atoms in total. The lowest BCUT2D eigenvalue weighted by atomic mass is 10.1. The molecule has 1 aromatic rings. The molecule has 6 heteroatoms. The van der Waals surface area contributed by atoms with Crippen LogP contribution in [0.4, 0.5) is 0 Å². The third kappa shape index (κ3) is 3.16. The molecule has 0 aromatic heterocycles. The Morgan fingerprint density at radius 2 is 2.35 bits per heavy atom. The number of hydrogen-bond donors (Lipinski definition) is 2. The van der Waals surface area contributed by atoms with Crippen LogP contribution in [0.2, 0.25) is 5.02 Å². The van der Waals surface area contributed by atoms with Gasteiger partial charge in [0.2, 0.25) is 0 Å². The van der Waals surface area contributed by atoms with Crippen LogP contribution in [-0.4, -0.2) is 22.9 Å². The van der Waals surface area contributed by atoms with Crippen molar-refractivity contribution in [2.45, 2.75) is 17.8 Å². The van der Waals surface area contributed by atoms with Crippen molar-refractivity contribution >= 4 is 45.3 Å². The Hall–Kier alpha value is -0.230. The summed E-state index contributed by atoms with van der Waals surface area (Å²) in [6.07, 6.45) is 0.641. The van der Waals surface area contributed by atoms with Crippen LogP contribution < -0.4 is 5.32 Å². The zero-order valence-corrected chi connectivity index (χ0v) is 12.0. The number of carboxylic acids is 1. The monoisotopic (exact) mass is 335 g/mol. The van der Waals surface area contributed by atoms with Crippen molar-refractivity contribution in [3.8, 4) is 0 Å². The minimum absolute atomic E-state index is 0.0603. The summed E-state index contributed by atoms with van der Waals surface area (Å²) in [5.74, 6) is 0.0127. The number of carboxylic acid groups (broad SMARTS) is 1. The SMILES string of the molecule is O=C(O)C1CCSC(c2cc(Br)ccc2Cl)N1. The maximum absolute atomic E-state index is 11.0. The number of hydrogen-bond acceptors (Lipinski definition) is 3. The molecule has 0 amide bonds. The molecule has 2 rings (SSSR count). The Labute approximate surface area is 117 Å². The van der Waals surface area contributed by atoms with Crippen LogP contribution in [0.25, 0.3) is 0 Å². The minimum atomic E-state index is -0.804. The third-order valence-corrected chi connectivity index (χ3v) is 4.61. The average molecular weight is 337 g/mol. The van der Waals surface area contributed by atoms with Gasteiger partial charge in [0.25, 0.3) is 0 Å². The summed E-state index contributed by atoms with van der Waals surface area (Å²) >= 11 is 11.2. The molecule has 0 radical (unpaired) electrons. The Morgan fingerprint density at radius 3 is 3.06 bits per heavy atom. The van der Waals surface area contributed by atoms with Gasteiger partial charge in [-0.05, 0) is 35.9 Å². The zero-order valence-electron chi connectivity index (χ0n) is 8.82. The molecule has 2 atom stereocenters. The molecule has 1 saturated heterocycles. The fraction of sp³-hybridized carbons (Fsp3) is 0.364. The first-order valence-corrected chi connectivity index (χ1v) is 7.35. The Balaban J connectivity index is 2.21. The van der Waals surface area contributed by atoms with E-state index in [-0.39, 0.29) is 5.37 Å². The van der Waals surface area contributed by atoms with E-state index in [1.807, 2.05) is 18.2 Å². The van der Waals surface area contributed by atoms with Crippen molar-refractivity contribution < 1.29 is 9.90 Å². The van der Waals surface area contributed by atoms with E-state index < -0.39 is 12.0 Å². The molecule has 1 aliphatic rings. The van der Waals surface area contributed by atoms with Crippen molar-refractivity contribution in [3.05, 3.63) is 33.3 Å². The van der Waals surface area contributed by atoms with E-state index >= 15 is 0 Å². The summed E-state index contributed by atoms with van der Waals surface area (Å²) in [5.41, 5.74) is 0.928. The zero-order chi connectivity index (χ0) is 12.4. The highest BCUT2D eigenvalue weighted by Crippen LogP contribution is 2.36. The van der Waals surface area contributed by atoms with Gasteiger partial charge in [-0.25, -0.2) is 0 Å². The number of thioether (sulfide) groups is 1. The van der Waals surface area contributed by atoms with Gasteiger partial charge in [0.1, 0.15) is 6.04 Å². The Bertz CT molecular complexity index is 443. The number of carbonyl (C=O) groups is 1. The molecule has 0 bridgehead atoms. The van der Waals surface area contributed by atoms with Gasteiger partial charge < -0.3 is 5.11 Å². The van der Waals surface area contributed by atoms with Gasteiger partial charge in [0.15, 0.2) is 0 Å². The van der Waals surface area contributed by atoms with Crippen LogP contribution in [0.5, 0.6) is 0 Å². The molecular weight excluding hydrogens is 326 g/mol. The minimum Gasteiger partial charge on any atom is -0.480 e. The largest absolute Gasteiger partial charge is 0.480 e. The number of benzene rings is 1. The highest BCUT2D eigenvalue weighted by atomic mass is 79.9. The standard InChI is InChI=1S/C11H11BrClNO2S/c12-6-1-2-8(13)7(5-6)10-14-9(11(15)16)3-4-17-10/h1-2,5,9-10,14H,3-4H2,(H,15,16). The third-order valence-electron chi connectivity index (χ3n) is 2.58. The van der Waals surface area contributed by atoms with Gasteiger partial charge in [-0.15, -0.1) is 11.8 Å². The Morgan fingerprint density at radius 1 is 1.59 bits per heavy atom. The first-order valence-electron chi connectivity index (χ1n) is 5.13. The molecule has 1 aromatic carbocycles. The summed E-state index contributed by atoms with van der Waals surface area (Å²) in [6, 6.07) is 5.12. The smallest absolute Gasteiger partial charge is 0.320 e. The van der Waals surface area contributed by atoms with Gasteiger partial charge in [-0.1, -0.05) is 27.5 Å². The summed E-state index contributed by atoms with van der Waals surface area (Å²) in [4.78, 5) is 11.0. The van der Waals surface area contributed by atoms with Crippen LogP contribution in [0, 0.1) is 0 Å². The van der Waals surface area contributed by atoms with E-state index in [0.717, 1.165) is 15.8 Å². The van der Waals surface area contributed by atoms with E-state index in [0.29, 0.717) is 11.4 Å². The highest BCUT2D eigenvalue weighted by molar-refractivity contribution is 9.10. The molecule has 17 heavy (non-hydrogen) atoms. The van der Waals surface area contributed by atoms with Crippen LogP contribution in [0.15, 0.2) is 22.7 Å². The second kappa shape index (κ2) is 5.61. The number of aliphatic carboxylic acids is 1. The van der Waals surface area contributed by atoms with E-state index in [4.69, 9.17) is 16.7 Å². The number of rotatable bonds is 2. The van der Waals surface area contributed by atoms with Crippen LogP contribution >= 0.6 is 39.3 Å². The van der Waals surface area contributed by atoms with Crippen molar-refractivity contribution in [2.75, 3.05) is 5.75 Å². The number of halogens is 2. The molecule has 1 heterocycles. The van der Waals surface area contributed by atoms with Crippen molar-refractivity contribution in [3.63, 3.8) is 0 Å². The second-order valence-electron chi connectivity index (χ2n) is 3.76. The fourth-order valence-corrected chi connectivity index (χ4v) is 3.62. The van der Waals surface area contributed by atoms with E-state index in [1.165, 1.54) is 0 Å². The molecule has 0 spiro atoms. The summed E-state index contributed by atoms with van der Waals surface area (Å²) in [7, 11) is 0. The quantitative estimate of drug-likeness (QED) is 0.870. The molecular formula is C11H11BrClNO2S. The molecule has 0 saturated carbocycles. The molecule has 1 fully saturated rings. The van der Waals surface area contributed by atoms with Gasteiger partial charge >= 0.3 is 5.97 Å². The van der Waals surface area contributed by atoms with Gasteiger partial charge in [0, 0.05) is 9.50 Å². The van der Waals surface area contributed by atoms with E-state index in [1.54, 1.807) is 11.8 Å².